The van der Waals surface area contributed by atoms with Crippen LogP contribution in [-0.2, 0) is 23.7 Å². The van der Waals surface area contributed by atoms with Crippen LogP contribution in [0.1, 0.15) is 117 Å². The standard InChI is InChI=1S/C30H28.2C16H16.C9H10/c1-20-6-12-25(13-7-20)24(5)29-19-28(26-14-8-21(2)9-15-26)23(4)18-30(29)27-16-10-22(3)11-17-27;2*1-16(2)14-9-5-3-7-12(14)11-13-8-4-6-10-15(13)16;1-3-9-6-4-8(2)5-7-9/h6-19H,5H2,1-4H3;2*3-10H,11H2,1-2H3;3-7H,1H2,2H3. The third-order valence-corrected chi connectivity index (χ3v) is 14.7. The van der Waals surface area contributed by atoms with Crippen LogP contribution in [0.15, 0.2) is 219 Å². The van der Waals surface area contributed by atoms with Gasteiger partial charge in [-0.1, -0.05) is 269 Å². The molecule has 0 amide bonds. The molecule has 0 aromatic heterocycles. The SMILES string of the molecule is C=C(c1ccc(C)cc1)c1cc(-c2ccc(C)cc2)c(C)cc1-c1ccc(C)cc1.C=Cc1ccc(C)cc1.CC1(C)c2ccccc2Cc2ccccc21.CC1(C)c2ccccc2Cc2ccccc21. The van der Waals surface area contributed by atoms with Gasteiger partial charge in [0.1, 0.15) is 0 Å². The molecule has 0 saturated heterocycles. The molecule has 0 radical (unpaired) electrons. The zero-order valence-electron chi connectivity index (χ0n) is 43.5. The lowest BCUT2D eigenvalue weighted by Gasteiger charge is -2.35. The van der Waals surface area contributed by atoms with E-state index in [9.17, 15) is 0 Å². The summed E-state index contributed by atoms with van der Waals surface area (Å²) in [6.45, 7) is 28.1. The summed E-state index contributed by atoms with van der Waals surface area (Å²) in [6, 6.07) is 74.4. The van der Waals surface area contributed by atoms with E-state index < -0.39 is 0 Å². The van der Waals surface area contributed by atoms with Gasteiger partial charge >= 0.3 is 0 Å². The van der Waals surface area contributed by atoms with Crippen molar-refractivity contribution in [2.45, 2.75) is 86.0 Å². The summed E-state index contributed by atoms with van der Waals surface area (Å²) in [6.07, 6.45) is 4.00. The molecule has 0 N–H and O–H groups in total. The number of benzene rings is 9. The van der Waals surface area contributed by atoms with Gasteiger partial charge in [-0.25, -0.2) is 0 Å². The van der Waals surface area contributed by atoms with Crippen LogP contribution in [0.5, 0.6) is 0 Å². The fourth-order valence-corrected chi connectivity index (χ4v) is 10.4. The zero-order valence-corrected chi connectivity index (χ0v) is 43.5. The van der Waals surface area contributed by atoms with Crippen molar-refractivity contribution >= 4 is 11.6 Å². The van der Waals surface area contributed by atoms with Crippen molar-refractivity contribution in [3.05, 3.63) is 308 Å². The molecule has 0 fully saturated rings. The van der Waals surface area contributed by atoms with Gasteiger partial charge in [-0.3, -0.25) is 0 Å². The second-order valence-corrected chi connectivity index (χ2v) is 20.6. The van der Waals surface area contributed by atoms with Crippen LogP contribution in [0.4, 0.5) is 0 Å². The lowest BCUT2D eigenvalue weighted by Crippen LogP contribution is -2.26. The normalized spacial score (nSPS) is 13.1. The van der Waals surface area contributed by atoms with E-state index in [2.05, 4.69) is 282 Å². The van der Waals surface area contributed by atoms with E-state index in [1.165, 1.54) is 106 Å². The number of fused-ring (bicyclic) bond motifs is 4. The second kappa shape index (κ2) is 21.6. The van der Waals surface area contributed by atoms with Gasteiger partial charge in [-0.15, -0.1) is 0 Å². The Bertz CT molecular complexity index is 3080. The third kappa shape index (κ3) is 11.2. The van der Waals surface area contributed by atoms with Gasteiger partial charge in [-0.2, -0.15) is 0 Å². The van der Waals surface area contributed by atoms with Gasteiger partial charge in [0.05, 0.1) is 0 Å². The molecule has 0 heterocycles. The Labute approximate surface area is 426 Å². The number of hydrogen-bond donors (Lipinski definition) is 0. The molecule has 0 spiro atoms. The highest BCUT2D eigenvalue weighted by atomic mass is 14.4. The van der Waals surface area contributed by atoms with Gasteiger partial charge in [0.2, 0.25) is 0 Å². The van der Waals surface area contributed by atoms with E-state index >= 15 is 0 Å². The first-order valence-corrected chi connectivity index (χ1v) is 25.2. The first kappa shape index (κ1) is 49.9. The number of rotatable bonds is 5. The molecule has 0 heteroatoms. The molecular weight excluding hydrogens is 853 g/mol. The van der Waals surface area contributed by atoms with Crippen molar-refractivity contribution in [2.75, 3.05) is 0 Å². The van der Waals surface area contributed by atoms with Gasteiger partial charge in [0, 0.05) is 10.8 Å². The van der Waals surface area contributed by atoms with Crippen LogP contribution in [0.3, 0.4) is 0 Å². The Morgan fingerprint density at radius 2 is 0.718 bits per heavy atom. The highest BCUT2D eigenvalue weighted by Crippen LogP contribution is 2.42. The van der Waals surface area contributed by atoms with E-state index in [1.54, 1.807) is 0 Å². The van der Waals surface area contributed by atoms with E-state index in [4.69, 9.17) is 0 Å². The number of hydrogen-bond acceptors (Lipinski definition) is 0. The fourth-order valence-electron chi connectivity index (χ4n) is 10.4. The summed E-state index contributed by atoms with van der Waals surface area (Å²) >= 11 is 0. The molecule has 0 atom stereocenters. The molecule has 0 unspecified atom stereocenters. The Balaban J connectivity index is 0.000000139. The molecule has 9 aromatic carbocycles. The average Bonchev–Trinajstić information content (AvgIpc) is 3.38. The maximum atomic E-state index is 4.51. The minimum atomic E-state index is 0.144. The van der Waals surface area contributed by atoms with E-state index in [1.807, 2.05) is 6.08 Å². The molecule has 11 rings (SSSR count). The van der Waals surface area contributed by atoms with Crippen molar-refractivity contribution in [3.8, 4) is 22.3 Å². The van der Waals surface area contributed by atoms with Crippen molar-refractivity contribution in [3.63, 3.8) is 0 Å². The van der Waals surface area contributed by atoms with Gasteiger partial charge in [-0.05, 0) is 148 Å². The van der Waals surface area contributed by atoms with Gasteiger partial charge < -0.3 is 0 Å². The van der Waals surface area contributed by atoms with E-state index in [0.29, 0.717) is 0 Å². The van der Waals surface area contributed by atoms with E-state index in [-0.39, 0.29) is 10.8 Å². The Hall–Kier alpha value is -7.54. The average molecular weight is 923 g/mol. The summed E-state index contributed by atoms with van der Waals surface area (Å²) in [5, 5.41) is 0. The molecule has 0 saturated carbocycles. The zero-order chi connectivity index (χ0) is 50.3. The van der Waals surface area contributed by atoms with Crippen LogP contribution < -0.4 is 0 Å². The topological polar surface area (TPSA) is 0 Å². The maximum Gasteiger partial charge on any atom is 0.0152 e. The van der Waals surface area contributed by atoms with E-state index in [0.717, 1.165) is 24.0 Å². The molecule has 0 aliphatic heterocycles. The van der Waals surface area contributed by atoms with Crippen LogP contribution in [0, 0.1) is 34.6 Å². The Morgan fingerprint density at radius 1 is 0.394 bits per heavy atom. The van der Waals surface area contributed by atoms with Gasteiger partial charge in [0.15, 0.2) is 0 Å². The highest BCUT2D eigenvalue weighted by Gasteiger charge is 2.32. The molecule has 2 aliphatic carbocycles. The molecule has 9 aromatic rings. The van der Waals surface area contributed by atoms with Crippen LogP contribution >= 0.6 is 0 Å². The molecule has 354 valence electrons. The summed E-state index contributed by atoms with van der Waals surface area (Å²) in [7, 11) is 0. The quantitative estimate of drug-likeness (QED) is 0.161. The largest absolute Gasteiger partial charge is 0.0985 e. The summed E-state index contributed by atoms with van der Waals surface area (Å²) < 4.78 is 0. The molecule has 2 aliphatic rings. The lowest BCUT2D eigenvalue weighted by molar-refractivity contribution is 0.610. The Morgan fingerprint density at radius 3 is 1.08 bits per heavy atom. The summed E-state index contributed by atoms with van der Waals surface area (Å²) in [5.41, 5.74) is 28.0. The van der Waals surface area contributed by atoms with Crippen LogP contribution in [0.2, 0.25) is 0 Å². The summed E-state index contributed by atoms with van der Waals surface area (Å²) in [5.74, 6) is 0. The number of aryl methyl sites for hydroxylation is 5. The van der Waals surface area contributed by atoms with Crippen molar-refractivity contribution in [1.29, 1.82) is 0 Å². The molecule has 0 bridgehead atoms. The van der Waals surface area contributed by atoms with Gasteiger partial charge in [0.25, 0.3) is 0 Å². The Kier molecular flexibility index (Phi) is 15.2. The predicted molar refractivity (Wildman–Crippen MR) is 308 cm³/mol. The van der Waals surface area contributed by atoms with Crippen LogP contribution in [0.25, 0.3) is 33.9 Å². The monoisotopic (exact) mass is 923 g/mol. The minimum absolute atomic E-state index is 0.144. The minimum Gasteiger partial charge on any atom is -0.0985 e. The fraction of sp³-hybridized carbons (Fsp3) is 0.183. The second-order valence-electron chi connectivity index (χ2n) is 20.6. The first-order valence-electron chi connectivity index (χ1n) is 25.2. The highest BCUT2D eigenvalue weighted by molar-refractivity contribution is 5.91. The predicted octanol–water partition coefficient (Wildman–Crippen LogP) is 18.8. The van der Waals surface area contributed by atoms with Crippen LogP contribution in [-0.4, -0.2) is 0 Å². The first-order chi connectivity index (χ1) is 34.1. The molecule has 71 heavy (non-hydrogen) atoms. The smallest absolute Gasteiger partial charge is 0.0152 e. The molecular formula is C71H70. The molecule has 0 nitrogen and oxygen atoms in total. The third-order valence-electron chi connectivity index (χ3n) is 14.7. The lowest BCUT2D eigenvalue weighted by atomic mass is 9.69. The maximum absolute atomic E-state index is 4.51. The van der Waals surface area contributed by atoms with Crippen molar-refractivity contribution < 1.29 is 0 Å². The van der Waals surface area contributed by atoms with Crippen molar-refractivity contribution in [2.24, 2.45) is 0 Å². The van der Waals surface area contributed by atoms with Crippen molar-refractivity contribution in [1.82, 2.24) is 0 Å². The summed E-state index contributed by atoms with van der Waals surface area (Å²) in [4.78, 5) is 0.